The van der Waals surface area contributed by atoms with Crippen molar-refractivity contribution >= 4 is 28.4 Å². The molecule has 1 amide bonds. The number of halogens is 1. The number of fused-ring (bicyclic) bond motifs is 1. The minimum atomic E-state index is -0.305. The van der Waals surface area contributed by atoms with Crippen LogP contribution in [0.2, 0.25) is 5.02 Å². The lowest BCUT2D eigenvalue weighted by Crippen LogP contribution is -2.43. The van der Waals surface area contributed by atoms with E-state index in [1.54, 1.807) is 35.5 Å². The lowest BCUT2D eigenvalue weighted by Gasteiger charge is -2.33. The number of carbonyl (C=O) groups is 1. The number of hydrogen-bond donors (Lipinski definition) is 1. The molecule has 6 nitrogen and oxygen atoms in total. The van der Waals surface area contributed by atoms with Gasteiger partial charge in [0.2, 0.25) is 5.43 Å². The number of amides is 1. The number of rotatable bonds is 2. The Morgan fingerprint density at radius 1 is 1.35 bits per heavy atom. The fraction of sp³-hybridized carbons (Fsp3) is 0.211. The molecule has 1 aromatic carbocycles. The molecule has 1 atom stereocenters. The summed E-state index contributed by atoms with van der Waals surface area (Å²) in [6, 6.07) is 8.68. The summed E-state index contributed by atoms with van der Waals surface area (Å²) in [4.78, 5) is 34.4. The van der Waals surface area contributed by atoms with Crippen molar-refractivity contribution in [1.29, 1.82) is 0 Å². The topological polar surface area (TPSA) is 75.3 Å². The Balaban J connectivity index is 1.63. The highest BCUT2D eigenvalue weighted by molar-refractivity contribution is 6.31. The maximum Gasteiger partial charge on any atom is 0.259 e. The summed E-state index contributed by atoms with van der Waals surface area (Å²) >= 11 is 5.95. The molecule has 0 saturated carbocycles. The third-order valence-corrected chi connectivity index (χ3v) is 4.72. The molecule has 1 aliphatic heterocycles. The molecule has 132 valence electrons. The lowest BCUT2D eigenvalue weighted by atomic mass is 10.1. The van der Waals surface area contributed by atoms with Crippen LogP contribution in [0.5, 0.6) is 0 Å². The highest BCUT2D eigenvalue weighted by Gasteiger charge is 2.27. The van der Waals surface area contributed by atoms with E-state index in [4.69, 9.17) is 16.3 Å². The van der Waals surface area contributed by atoms with Crippen molar-refractivity contribution in [2.24, 2.45) is 0 Å². The van der Waals surface area contributed by atoms with Crippen LogP contribution in [0.3, 0.4) is 0 Å². The van der Waals surface area contributed by atoms with Gasteiger partial charge in [-0.1, -0.05) is 17.7 Å². The predicted molar refractivity (Wildman–Crippen MR) is 98.4 cm³/mol. The van der Waals surface area contributed by atoms with Crippen LogP contribution in [-0.4, -0.2) is 40.5 Å². The Morgan fingerprint density at radius 2 is 2.23 bits per heavy atom. The first-order valence-corrected chi connectivity index (χ1v) is 8.63. The van der Waals surface area contributed by atoms with Gasteiger partial charge >= 0.3 is 0 Å². The number of aromatic nitrogens is 2. The summed E-state index contributed by atoms with van der Waals surface area (Å²) in [5.41, 5.74) is 1.33. The zero-order chi connectivity index (χ0) is 18.1. The van der Waals surface area contributed by atoms with E-state index in [0.717, 1.165) is 5.56 Å². The van der Waals surface area contributed by atoms with Gasteiger partial charge in [0.15, 0.2) is 0 Å². The van der Waals surface area contributed by atoms with Crippen LogP contribution < -0.4 is 5.43 Å². The monoisotopic (exact) mass is 369 g/mol. The number of H-pyrrole nitrogens is 1. The smallest absolute Gasteiger partial charge is 0.259 e. The Kier molecular flexibility index (Phi) is 4.44. The summed E-state index contributed by atoms with van der Waals surface area (Å²) in [5.74, 6) is -0.305. The van der Waals surface area contributed by atoms with E-state index in [1.807, 2.05) is 12.1 Å². The molecule has 1 saturated heterocycles. The van der Waals surface area contributed by atoms with Gasteiger partial charge in [-0.15, -0.1) is 0 Å². The summed E-state index contributed by atoms with van der Waals surface area (Å²) in [6.07, 6.45) is 4.62. The quantitative estimate of drug-likeness (QED) is 0.753. The van der Waals surface area contributed by atoms with Crippen LogP contribution >= 0.6 is 11.6 Å². The minimum absolute atomic E-state index is 0.117. The van der Waals surface area contributed by atoms with E-state index in [-0.39, 0.29) is 23.0 Å². The second-order valence-electron chi connectivity index (χ2n) is 6.12. The van der Waals surface area contributed by atoms with Crippen LogP contribution in [0, 0.1) is 0 Å². The largest absolute Gasteiger partial charge is 0.370 e. The Bertz CT molecular complexity index is 1020. The Labute approximate surface area is 154 Å². The van der Waals surface area contributed by atoms with Crippen molar-refractivity contribution in [3.05, 3.63) is 75.3 Å². The summed E-state index contributed by atoms with van der Waals surface area (Å²) < 4.78 is 5.76. The third kappa shape index (κ3) is 3.09. The highest BCUT2D eigenvalue weighted by atomic mass is 35.5. The van der Waals surface area contributed by atoms with E-state index >= 15 is 0 Å². The van der Waals surface area contributed by atoms with Crippen molar-refractivity contribution in [2.45, 2.75) is 6.10 Å². The van der Waals surface area contributed by atoms with Crippen LogP contribution in [0.4, 0.5) is 0 Å². The molecule has 0 bridgehead atoms. The van der Waals surface area contributed by atoms with E-state index in [2.05, 4.69) is 9.97 Å². The maximum absolute atomic E-state index is 12.9. The number of hydrogen-bond acceptors (Lipinski definition) is 4. The number of benzene rings is 1. The second kappa shape index (κ2) is 6.90. The molecule has 7 heteroatoms. The van der Waals surface area contributed by atoms with E-state index in [1.165, 1.54) is 6.20 Å². The second-order valence-corrected chi connectivity index (χ2v) is 6.55. The summed E-state index contributed by atoms with van der Waals surface area (Å²) in [7, 11) is 0. The summed E-state index contributed by atoms with van der Waals surface area (Å²) in [6.45, 7) is 1.22. The molecule has 4 rings (SSSR count). The number of aromatic amines is 1. The number of pyridine rings is 2. The van der Waals surface area contributed by atoms with Crippen LogP contribution in [-0.2, 0) is 4.74 Å². The first kappa shape index (κ1) is 16.8. The van der Waals surface area contributed by atoms with Gasteiger partial charge in [0.1, 0.15) is 11.7 Å². The normalized spacial score (nSPS) is 17.4. The van der Waals surface area contributed by atoms with Gasteiger partial charge in [0, 0.05) is 41.1 Å². The Hall–Kier alpha value is -2.70. The van der Waals surface area contributed by atoms with E-state index < -0.39 is 0 Å². The van der Waals surface area contributed by atoms with E-state index in [9.17, 15) is 9.59 Å². The molecule has 0 spiro atoms. The predicted octanol–water partition coefficient (Wildman–Crippen LogP) is 2.79. The number of nitrogens with one attached hydrogen (secondary N) is 1. The molecule has 1 fully saturated rings. The lowest BCUT2D eigenvalue weighted by molar-refractivity contribution is -0.0230. The third-order valence-electron chi connectivity index (χ3n) is 4.48. The van der Waals surface area contributed by atoms with Gasteiger partial charge in [0.05, 0.1) is 18.7 Å². The van der Waals surface area contributed by atoms with Crippen molar-refractivity contribution in [3.63, 3.8) is 0 Å². The fourth-order valence-corrected chi connectivity index (χ4v) is 3.30. The van der Waals surface area contributed by atoms with Crippen LogP contribution in [0.15, 0.2) is 53.7 Å². The zero-order valence-corrected chi connectivity index (χ0v) is 14.6. The molecule has 0 radical (unpaired) electrons. The SMILES string of the molecule is O=C(c1c[nH]c2cc(Cl)ccc2c1=O)N1CCOC(c2cccnc2)C1. The zero-order valence-electron chi connectivity index (χ0n) is 13.8. The fourth-order valence-electron chi connectivity index (χ4n) is 3.13. The van der Waals surface area contributed by atoms with Gasteiger partial charge in [-0.2, -0.15) is 0 Å². The molecule has 3 heterocycles. The van der Waals surface area contributed by atoms with E-state index in [0.29, 0.717) is 35.6 Å². The van der Waals surface area contributed by atoms with Gasteiger partial charge in [0.25, 0.3) is 5.91 Å². The first-order valence-electron chi connectivity index (χ1n) is 8.25. The molecule has 3 aromatic rings. The number of nitrogens with zero attached hydrogens (tertiary/aromatic N) is 2. The van der Waals surface area contributed by atoms with Crippen molar-refractivity contribution in [3.8, 4) is 0 Å². The first-order chi connectivity index (χ1) is 12.6. The van der Waals surface area contributed by atoms with Gasteiger partial charge in [-0.25, -0.2) is 0 Å². The number of carbonyl (C=O) groups excluding carboxylic acids is 1. The molecule has 2 aromatic heterocycles. The Morgan fingerprint density at radius 3 is 3.04 bits per heavy atom. The maximum atomic E-state index is 12.9. The standard InChI is InChI=1S/C19H16ClN3O3/c20-13-3-4-14-16(8-13)22-10-15(18(14)24)19(25)23-6-7-26-17(11-23)12-2-1-5-21-9-12/h1-5,8-10,17H,6-7,11H2,(H,22,24). The molecule has 1 N–H and O–H groups in total. The molecule has 26 heavy (non-hydrogen) atoms. The minimum Gasteiger partial charge on any atom is -0.370 e. The van der Waals surface area contributed by atoms with Gasteiger partial charge < -0.3 is 14.6 Å². The van der Waals surface area contributed by atoms with Crippen LogP contribution in [0.1, 0.15) is 22.0 Å². The van der Waals surface area contributed by atoms with Gasteiger partial charge in [-0.05, 0) is 24.3 Å². The van der Waals surface area contributed by atoms with Crippen LogP contribution in [0.25, 0.3) is 10.9 Å². The van der Waals surface area contributed by atoms with Crippen molar-refractivity contribution in [2.75, 3.05) is 19.7 Å². The molecular formula is C19H16ClN3O3. The number of morpholine rings is 1. The molecule has 0 aliphatic carbocycles. The average molecular weight is 370 g/mol. The summed E-state index contributed by atoms with van der Waals surface area (Å²) in [5, 5.41) is 0.969. The molecule has 1 aliphatic rings. The molecular weight excluding hydrogens is 354 g/mol. The van der Waals surface area contributed by atoms with Gasteiger partial charge in [-0.3, -0.25) is 14.6 Å². The average Bonchev–Trinajstić information content (AvgIpc) is 2.68. The van der Waals surface area contributed by atoms with Crippen molar-refractivity contribution < 1.29 is 9.53 Å². The van der Waals surface area contributed by atoms with Crippen molar-refractivity contribution in [1.82, 2.24) is 14.9 Å². The number of ether oxygens (including phenoxy) is 1. The highest BCUT2D eigenvalue weighted by Crippen LogP contribution is 2.22. The molecule has 1 unspecified atom stereocenters.